The predicted octanol–water partition coefficient (Wildman–Crippen LogP) is 1.98. The molecule has 1 amide bonds. The Bertz CT molecular complexity index is 371. The van der Waals surface area contributed by atoms with Crippen LogP contribution in [-0.2, 0) is 9.53 Å². The fourth-order valence-electron chi connectivity index (χ4n) is 1.27. The van der Waals surface area contributed by atoms with Crippen molar-refractivity contribution in [2.45, 2.75) is 13.0 Å². The molecule has 0 heterocycles. The van der Waals surface area contributed by atoms with Gasteiger partial charge < -0.3 is 14.8 Å². The van der Waals surface area contributed by atoms with E-state index in [-0.39, 0.29) is 18.6 Å². The number of amides is 1. The van der Waals surface area contributed by atoms with Crippen LogP contribution in [0.4, 0.5) is 0 Å². The lowest BCUT2D eigenvalue weighted by Crippen LogP contribution is -2.38. The summed E-state index contributed by atoms with van der Waals surface area (Å²) in [5, 5.41) is 2.77. The van der Waals surface area contributed by atoms with Gasteiger partial charge in [0.25, 0.3) is 0 Å². The quantitative estimate of drug-likeness (QED) is 0.874. The molecular formula is C12H16BrNO3. The van der Waals surface area contributed by atoms with Crippen molar-refractivity contribution in [3.63, 3.8) is 0 Å². The van der Waals surface area contributed by atoms with Gasteiger partial charge in [0.1, 0.15) is 19.0 Å². The summed E-state index contributed by atoms with van der Waals surface area (Å²) in [4.78, 5) is 11.2. The van der Waals surface area contributed by atoms with Crippen molar-refractivity contribution in [2.75, 3.05) is 20.3 Å². The zero-order chi connectivity index (χ0) is 12.7. The highest BCUT2D eigenvalue weighted by molar-refractivity contribution is 9.10. The first-order valence-electron chi connectivity index (χ1n) is 5.29. The van der Waals surface area contributed by atoms with Gasteiger partial charge in [0, 0.05) is 7.11 Å². The minimum absolute atomic E-state index is 0.0650. The van der Waals surface area contributed by atoms with Gasteiger partial charge in [-0.15, -0.1) is 0 Å². The van der Waals surface area contributed by atoms with Gasteiger partial charge >= 0.3 is 0 Å². The van der Waals surface area contributed by atoms with E-state index in [1.54, 1.807) is 0 Å². The SMILES string of the molecule is COCC(=O)NC(C)COc1ccccc1Br. The normalized spacial score (nSPS) is 11.9. The van der Waals surface area contributed by atoms with E-state index in [1.165, 1.54) is 7.11 Å². The topological polar surface area (TPSA) is 47.6 Å². The number of carbonyl (C=O) groups excluding carboxylic acids is 1. The molecule has 0 radical (unpaired) electrons. The zero-order valence-corrected chi connectivity index (χ0v) is 11.5. The molecule has 0 saturated carbocycles. The van der Waals surface area contributed by atoms with Crippen molar-refractivity contribution in [1.82, 2.24) is 5.32 Å². The number of hydrogen-bond acceptors (Lipinski definition) is 3. The van der Waals surface area contributed by atoms with Gasteiger partial charge in [-0.3, -0.25) is 4.79 Å². The Kier molecular flexibility index (Phi) is 6.00. The lowest BCUT2D eigenvalue weighted by Gasteiger charge is -2.15. The van der Waals surface area contributed by atoms with E-state index in [0.29, 0.717) is 6.61 Å². The van der Waals surface area contributed by atoms with Gasteiger partial charge in [0.05, 0.1) is 10.5 Å². The largest absolute Gasteiger partial charge is 0.490 e. The third-order valence-electron chi connectivity index (χ3n) is 2.01. The maximum Gasteiger partial charge on any atom is 0.246 e. The third-order valence-corrected chi connectivity index (χ3v) is 2.66. The molecule has 4 nitrogen and oxygen atoms in total. The fraction of sp³-hybridized carbons (Fsp3) is 0.417. The van der Waals surface area contributed by atoms with Gasteiger partial charge in [0.2, 0.25) is 5.91 Å². The summed E-state index contributed by atoms with van der Waals surface area (Å²) in [6.45, 7) is 2.36. The maximum atomic E-state index is 11.2. The third kappa shape index (κ3) is 5.19. The van der Waals surface area contributed by atoms with Crippen LogP contribution in [0.3, 0.4) is 0 Å². The molecule has 0 saturated heterocycles. The van der Waals surface area contributed by atoms with Gasteiger partial charge in [-0.25, -0.2) is 0 Å². The summed E-state index contributed by atoms with van der Waals surface area (Å²) >= 11 is 3.39. The van der Waals surface area contributed by atoms with Crippen molar-refractivity contribution >= 4 is 21.8 Å². The lowest BCUT2D eigenvalue weighted by molar-refractivity contribution is -0.125. The molecule has 1 aromatic rings. The smallest absolute Gasteiger partial charge is 0.246 e. The molecule has 0 fully saturated rings. The molecule has 94 valence electrons. The molecule has 5 heteroatoms. The van der Waals surface area contributed by atoms with E-state index >= 15 is 0 Å². The number of rotatable bonds is 6. The van der Waals surface area contributed by atoms with Crippen molar-refractivity contribution in [3.8, 4) is 5.75 Å². The van der Waals surface area contributed by atoms with E-state index < -0.39 is 0 Å². The molecular weight excluding hydrogens is 286 g/mol. The number of hydrogen-bond donors (Lipinski definition) is 1. The Morgan fingerprint density at radius 2 is 2.18 bits per heavy atom. The van der Waals surface area contributed by atoms with Crippen LogP contribution in [0, 0.1) is 0 Å². The summed E-state index contributed by atoms with van der Waals surface area (Å²) in [6.07, 6.45) is 0. The molecule has 1 N–H and O–H groups in total. The van der Waals surface area contributed by atoms with Gasteiger partial charge in [-0.1, -0.05) is 12.1 Å². The molecule has 0 aliphatic carbocycles. The van der Waals surface area contributed by atoms with Crippen LogP contribution in [0.15, 0.2) is 28.7 Å². The Balaban J connectivity index is 2.35. The number of carbonyl (C=O) groups is 1. The standard InChI is InChI=1S/C12H16BrNO3/c1-9(14-12(15)8-16-2)7-17-11-6-4-3-5-10(11)13/h3-6,9H,7-8H2,1-2H3,(H,14,15). The molecule has 1 unspecified atom stereocenters. The van der Waals surface area contributed by atoms with E-state index in [0.717, 1.165) is 10.2 Å². The van der Waals surface area contributed by atoms with Crippen LogP contribution in [0.2, 0.25) is 0 Å². The summed E-state index contributed by atoms with van der Waals surface area (Å²) in [5.41, 5.74) is 0. The average molecular weight is 302 g/mol. The predicted molar refractivity (Wildman–Crippen MR) is 69.1 cm³/mol. The summed E-state index contributed by atoms with van der Waals surface area (Å²) < 4.78 is 11.2. The second kappa shape index (κ2) is 7.29. The van der Waals surface area contributed by atoms with E-state index in [2.05, 4.69) is 21.2 Å². The first-order valence-corrected chi connectivity index (χ1v) is 6.08. The maximum absolute atomic E-state index is 11.2. The number of para-hydroxylation sites is 1. The molecule has 0 bridgehead atoms. The second-order valence-corrected chi connectivity index (χ2v) is 4.50. The Labute approximate surface area is 109 Å². The fourth-order valence-corrected chi connectivity index (χ4v) is 1.67. The summed E-state index contributed by atoms with van der Waals surface area (Å²) in [5.74, 6) is 0.621. The summed E-state index contributed by atoms with van der Waals surface area (Å²) in [7, 11) is 1.49. The van der Waals surface area contributed by atoms with Crippen LogP contribution in [0.1, 0.15) is 6.92 Å². The van der Waals surface area contributed by atoms with E-state index in [4.69, 9.17) is 9.47 Å². The molecule has 1 aromatic carbocycles. The molecule has 17 heavy (non-hydrogen) atoms. The average Bonchev–Trinajstić information content (AvgIpc) is 2.28. The number of ether oxygens (including phenoxy) is 2. The highest BCUT2D eigenvalue weighted by Crippen LogP contribution is 2.23. The lowest BCUT2D eigenvalue weighted by atomic mass is 10.3. The number of benzene rings is 1. The summed E-state index contributed by atoms with van der Waals surface area (Å²) in [6, 6.07) is 7.52. The zero-order valence-electron chi connectivity index (χ0n) is 9.90. The highest BCUT2D eigenvalue weighted by atomic mass is 79.9. The first kappa shape index (κ1) is 14.0. The Morgan fingerprint density at radius 3 is 2.82 bits per heavy atom. The Morgan fingerprint density at radius 1 is 1.47 bits per heavy atom. The molecule has 0 aliphatic rings. The van der Waals surface area contributed by atoms with Gasteiger partial charge in [-0.05, 0) is 35.0 Å². The van der Waals surface area contributed by atoms with Crippen LogP contribution >= 0.6 is 15.9 Å². The van der Waals surface area contributed by atoms with E-state index in [1.807, 2.05) is 31.2 Å². The van der Waals surface area contributed by atoms with Gasteiger partial charge in [0.15, 0.2) is 0 Å². The van der Waals surface area contributed by atoms with Crippen molar-refractivity contribution < 1.29 is 14.3 Å². The van der Waals surface area contributed by atoms with Gasteiger partial charge in [-0.2, -0.15) is 0 Å². The van der Waals surface area contributed by atoms with Crippen molar-refractivity contribution in [1.29, 1.82) is 0 Å². The first-order chi connectivity index (χ1) is 8.13. The minimum Gasteiger partial charge on any atom is -0.490 e. The van der Waals surface area contributed by atoms with E-state index in [9.17, 15) is 4.79 Å². The molecule has 0 aliphatic heterocycles. The molecule has 1 atom stereocenters. The molecule has 1 rings (SSSR count). The number of halogens is 1. The molecule has 0 spiro atoms. The highest BCUT2D eigenvalue weighted by Gasteiger charge is 2.08. The number of methoxy groups -OCH3 is 1. The van der Waals surface area contributed by atoms with Crippen molar-refractivity contribution in [2.24, 2.45) is 0 Å². The van der Waals surface area contributed by atoms with Crippen LogP contribution in [-0.4, -0.2) is 32.3 Å². The van der Waals surface area contributed by atoms with Crippen molar-refractivity contribution in [3.05, 3.63) is 28.7 Å². The van der Waals surface area contributed by atoms with Crippen LogP contribution in [0.25, 0.3) is 0 Å². The second-order valence-electron chi connectivity index (χ2n) is 3.64. The van der Waals surface area contributed by atoms with Crippen LogP contribution < -0.4 is 10.1 Å². The Hall–Kier alpha value is -1.07. The minimum atomic E-state index is -0.143. The number of nitrogens with one attached hydrogen (secondary N) is 1. The monoisotopic (exact) mass is 301 g/mol. The van der Waals surface area contributed by atoms with Crippen LogP contribution in [0.5, 0.6) is 5.75 Å². The molecule has 0 aromatic heterocycles.